The zero-order valence-corrected chi connectivity index (χ0v) is 16.2. The van der Waals surface area contributed by atoms with Gasteiger partial charge in [0.15, 0.2) is 6.10 Å². The molecule has 0 aliphatic carbocycles. The molecular formula is C22H29NO4. The van der Waals surface area contributed by atoms with Crippen molar-refractivity contribution < 1.29 is 19.4 Å². The number of nitrogens with zero attached hydrogens (tertiary/aromatic N) is 1. The molecule has 0 saturated carbocycles. The van der Waals surface area contributed by atoms with Crippen LogP contribution in [0.5, 0.6) is 5.75 Å². The van der Waals surface area contributed by atoms with Crippen molar-refractivity contribution in [3.8, 4) is 5.75 Å². The topological polar surface area (TPSA) is 68.7 Å². The summed E-state index contributed by atoms with van der Waals surface area (Å²) >= 11 is 0. The average Bonchev–Trinajstić information content (AvgIpc) is 2.69. The monoisotopic (exact) mass is 371 g/mol. The highest BCUT2D eigenvalue weighted by Gasteiger charge is 2.20. The molecule has 0 fully saturated rings. The number of carbonyl (C=O) groups is 1. The second-order valence-electron chi connectivity index (χ2n) is 6.47. The normalized spacial score (nSPS) is 11.9. The van der Waals surface area contributed by atoms with Gasteiger partial charge in [0, 0.05) is 24.9 Å². The van der Waals surface area contributed by atoms with E-state index >= 15 is 0 Å². The zero-order chi connectivity index (χ0) is 19.5. The zero-order valence-electron chi connectivity index (χ0n) is 16.2. The lowest BCUT2D eigenvalue weighted by Crippen LogP contribution is -2.27. The fraction of sp³-hybridized carbons (Fsp3) is 0.455. The second kappa shape index (κ2) is 11.3. The molecule has 0 amide bonds. The first kappa shape index (κ1) is 20.9. The Hall–Kier alpha value is -2.40. The predicted octanol–water partition coefficient (Wildman–Crippen LogP) is 4.08. The molecule has 27 heavy (non-hydrogen) atoms. The van der Waals surface area contributed by atoms with Gasteiger partial charge in [0.25, 0.3) is 0 Å². The van der Waals surface area contributed by atoms with Gasteiger partial charge in [-0.15, -0.1) is 0 Å². The molecule has 0 bridgehead atoms. The SMILES string of the molecule is CCCOC(Cc1ccccc1OCCCc1ccc(CC)cn1)C(=O)O. The molecule has 1 N–H and O–H groups in total. The van der Waals surface area contributed by atoms with Gasteiger partial charge in [-0.1, -0.05) is 38.1 Å². The van der Waals surface area contributed by atoms with E-state index in [1.54, 1.807) is 0 Å². The third-order valence-electron chi connectivity index (χ3n) is 4.31. The average molecular weight is 371 g/mol. The van der Waals surface area contributed by atoms with E-state index in [9.17, 15) is 9.90 Å². The number of hydrogen-bond donors (Lipinski definition) is 1. The van der Waals surface area contributed by atoms with Crippen molar-refractivity contribution >= 4 is 5.97 Å². The lowest BCUT2D eigenvalue weighted by atomic mass is 10.1. The molecule has 2 aromatic rings. The minimum Gasteiger partial charge on any atom is -0.493 e. The van der Waals surface area contributed by atoms with Crippen LogP contribution in [0, 0.1) is 0 Å². The van der Waals surface area contributed by atoms with E-state index in [-0.39, 0.29) is 0 Å². The number of rotatable bonds is 12. The highest BCUT2D eigenvalue weighted by Crippen LogP contribution is 2.21. The Morgan fingerprint density at radius 1 is 1.15 bits per heavy atom. The summed E-state index contributed by atoms with van der Waals surface area (Å²) in [5.41, 5.74) is 3.15. The van der Waals surface area contributed by atoms with Crippen LogP contribution in [0.4, 0.5) is 0 Å². The van der Waals surface area contributed by atoms with E-state index in [2.05, 4.69) is 24.0 Å². The molecule has 1 heterocycles. The third-order valence-corrected chi connectivity index (χ3v) is 4.31. The van der Waals surface area contributed by atoms with E-state index in [0.29, 0.717) is 19.6 Å². The van der Waals surface area contributed by atoms with Crippen molar-refractivity contribution in [2.75, 3.05) is 13.2 Å². The van der Waals surface area contributed by atoms with E-state index < -0.39 is 12.1 Å². The Labute approximate surface area is 161 Å². The summed E-state index contributed by atoms with van der Waals surface area (Å²) < 4.78 is 11.4. The van der Waals surface area contributed by atoms with E-state index in [0.717, 1.165) is 42.7 Å². The van der Waals surface area contributed by atoms with Crippen LogP contribution in [0.1, 0.15) is 43.5 Å². The second-order valence-corrected chi connectivity index (χ2v) is 6.47. The highest BCUT2D eigenvalue weighted by atomic mass is 16.5. The van der Waals surface area contributed by atoms with Crippen molar-refractivity contribution in [3.05, 3.63) is 59.4 Å². The van der Waals surface area contributed by atoms with Gasteiger partial charge in [0.2, 0.25) is 0 Å². The van der Waals surface area contributed by atoms with Crippen LogP contribution < -0.4 is 4.74 Å². The molecule has 5 heteroatoms. The van der Waals surface area contributed by atoms with Crippen LogP contribution in [0.15, 0.2) is 42.6 Å². The minimum atomic E-state index is -0.945. The Morgan fingerprint density at radius 2 is 1.96 bits per heavy atom. The van der Waals surface area contributed by atoms with Crippen LogP contribution in [0.2, 0.25) is 0 Å². The van der Waals surface area contributed by atoms with Gasteiger partial charge in [-0.25, -0.2) is 4.79 Å². The maximum Gasteiger partial charge on any atom is 0.333 e. The maximum absolute atomic E-state index is 11.4. The summed E-state index contributed by atoms with van der Waals surface area (Å²) in [6.07, 6.45) is 4.85. The van der Waals surface area contributed by atoms with E-state index in [1.165, 1.54) is 5.56 Å². The largest absolute Gasteiger partial charge is 0.493 e. The number of ether oxygens (including phenoxy) is 2. The molecule has 0 saturated heterocycles. The Bertz CT molecular complexity index is 700. The molecule has 1 atom stereocenters. The molecule has 5 nitrogen and oxygen atoms in total. The smallest absolute Gasteiger partial charge is 0.333 e. The van der Waals surface area contributed by atoms with Gasteiger partial charge in [-0.2, -0.15) is 0 Å². The van der Waals surface area contributed by atoms with Crippen molar-refractivity contribution in [2.45, 2.75) is 52.1 Å². The fourth-order valence-electron chi connectivity index (χ4n) is 2.74. The van der Waals surface area contributed by atoms with Crippen molar-refractivity contribution in [1.82, 2.24) is 4.98 Å². The van der Waals surface area contributed by atoms with Crippen LogP contribution in [0.3, 0.4) is 0 Å². The molecule has 2 rings (SSSR count). The van der Waals surface area contributed by atoms with Gasteiger partial charge in [-0.3, -0.25) is 4.98 Å². The van der Waals surface area contributed by atoms with Crippen LogP contribution >= 0.6 is 0 Å². The predicted molar refractivity (Wildman–Crippen MR) is 105 cm³/mol. The standard InChI is InChI=1S/C22H29NO4/c1-3-13-26-21(22(24)25)15-18-8-5-6-10-20(18)27-14-7-9-19-12-11-17(4-2)16-23-19/h5-6,8,10-12,16,21H,3-4,7,9,13-15H2,1-2H3,(H,24,25). The molecular weight excluding hydrogens is 342 g/mol. The molecule has 146 valence electrons. The number of carboxylic acids is 1. The van der Waals surface area contributed by atoms with Crippen molar-refractivity contribution in [3.63, 3.8) is 0 Å². The number of aliphatic carboxylic acids is 1. The molecule has 0 aliphatic rings. The Morgan fingerprint density at radius 3 is 2.63 bits per heavy atom. The Balaban J connectivity index is 1.87. The molecule has 0 spiro atoms. The summed E-state index contributed by atoms with van der Waals surface area (Å²) in [6, 6.07) is 11.7. The number of hydrogen-bond acceptors (Lipinski definition) is 4. The quantitative estimate of drug-likeness (QED) is 0.570. The maximum atomic E-state index is 11.4. The lowest BCUT2D eigenvalue weighted by molar-refractivity contribution is -0.150. The number of aryl methyl sites for hydroxylation is 2. The molecule has 0 radical (unpaired) electrons. The van der Waals surface area contributed by atoms with Gasteiger partial charge >= 0.3 is 5.97 Å². The number of pyridine rings is 1. The first-order valence-corrected chi connectivity index (χ1v) is 9.63. The number of benzene rings is 1. The van der Waals surface area contributed by atoms with Gasteiger partial charge in [0.1, 0.15) is 5.75 Å². The number of carboxylic acid groups (broad SMARTS) is 1. The first-order chi connectivity index (χ1) is 13.1. The molecule has 1 aromatic heterocycles. The van der Waals surface area contributed by atoms with Gasteiger partial charge < -0.3 is 14.6 Å². The summed E-state index contributed by atoms with van der Waals surface area (Å²) in [4.78, 5) is 15.9. The van der Waals surface area contributed by atoms with Gasteiger partial charge in [0.05, 0.1) is 6.61 Å². The molecule has 0 aliphatic heterocycles. The van der Waals surface area contributed by atoms with E-state index in [4.69, 9.17) is 9.47 Å². The molecule has 1 unspecified atom stereocenters. The summed E-state index contributed by atoms with van der Waals surface area (Å²) in [5, 5.41) is 9.36. The summed E-state index contributed by atoms with van der Waals surface area (Å²) in [5.74, 6) is -0.224. The fourth-order valence-corrected chi connectivity index (χ4v) is 2.74. The van der Waals surface area contributed by atoms with Crippen LogP contribution in [-0.4, -0.2) is 35.4 Å². The lowest BCUT2D eigenvalue weighted by Gasteiger charge is -2.16. The van der Waals surface area contributed by atoms with Crippen LogP contribution in [-0.2, 0) is 28.8 Å². The van der Waals surface area contributed by atoms with Crippen molar-refractivity contribution in [1.29, 1.82) is 0 Å². The van der Waals surface area contributed by atoms with Gasteiger partial charge in [-0.05, 0) is 48.9 Å². The van der Waals surface area contributed by atoms with Crippen LogP contribution in [0.25, 0.3) is 0 Å². The highest BCUT2D eigenvalue weighted by molar-refractivity contribution is 5.73. The Kier molecular flexibility index (Phi) is 8.78. The number of para-hydroxylation sites is 1. The summed E-state index contributed by atoms with van der Waals surface area (Å²) in [7, 11) is 0. The summed E-state index contributed by atoms with van der Waals surface area (Å²) in [6.45, 7) is 5.07. The third kappa shape index (κ3) is 7.02. The first-order valence-electron chi connectivity index (χ1n) is 9.63. The van der Waals surface area contributed by atoms with E-state index in [1.807, 2.05) is 37.4 Å². The molecule has 1 aromatic carbocycles. The number of aromatic nitrogens is 1. The minimum absolute atomic E-state index is 0.297. The van der Waals surface area contributed by atoms with Crippen molar-refractivity contribution in [2.24, 2.45) is 0 Å².